The standard InChI is InChI=1S/C19H24ClNO4S/c1-25-18(22)19-7-6-12(11-19)8-17(19)26(23,24)21-16-9-14(10-16)13-2-4-15(20)5-3-13/h2-5,12,14,16-17,21H,6-11H2,1H3. The number of sulfonamides is 1. The molecule has 0 spiro atoms. The van der Waals surface area contributed by atoms with Gasteiger partial charge in [-0.25, -0.2) is 13.1 Å². The van der Waals surface area contributed by atoms with Gasteiger partial charge in [-0.05, 0) is 68.1 Å². The van der Waals surface area contributed by atoms with Crippen LogP contribution in [0.5, 0.6) is 0 Å². The molecule has 0 aliphatic heterocycles. The Morgan fingerprint density at radius 3 is 2.54 bits per heavy atom. The second-order valence-electron chi connectivity index (χ2n) is 8.06. The predicted octanol–water partition coefficient (Wildman–Crippen LogP) is 3.24. The highest BCUT2D eigenvalue weighted by Gasteiger charge is 2.62. The first-order valence-electron chi connectivity index (χ1n) is 9.19. The molecule has 3 unspecified atom stereocenters. The third kappa shape index (κ3) is 2.96. The van der Waals surface area contributed by atoms with E-state index >= 15 is 0 Å². The minimum absolute atomic E-state index is 0.0606. The number of halogens is 1. The fourth-order valence-corrected chi connectivity index (χ4v) is 7.56. The topological polar surface area (TPSA) is 72.5 Å². The van der Waals surface area contributed by atoms with Gasteiger partial charge in [0.25, 0.3) is 0 Å². The monoisotopic (exact) mass is 397 g/mol. The molecule has 26 heavy (non-hydrogen) atoms. The molecule has 0 saturated heterocycles. The molecule has 3 fully saturated rings. The molecule has 142 valence electrons. The minimum Gasteiger partial charge on any atom is -0.469 e. The average Bonchev–Trinajstić information content (AvgIpc) is 3.18. The first kappa shape index (κ1) is 18.3. The molecule has 1 aromatic carbocycles. The summed E-state index contributed by atoms with van der Waals surface area (Å²) in [6.07, 6.45) is 4.31. The van der Waals surface area contributed by atoms with Crippen LogP contribution < -0.4 is 4.72 Å². The van der Waals surface area contributed by atoms with E-state index in [1.54, 1.807) is 0 Å². The number of fused-ring (bicyclic) bond motifs is 2. The third-order valence-corrected chi connectivity index (χ3v) is 8.90. The van der Waals surface area contributed by atoms with Gasteiger partial charge in [0.15, 0.2) is 0 Å². The fraction of sp³-hybridized carbons (Fsp3) is 0.632. The van der Waals surface area contributed by atoms with Gasteiger partial charge >= 0.3 is 5.97 Å². The van der Waals surface area contributed by atoms with Crippen molar-refractivity contribution in [3.05, 3.63) is 34.9 Å². The zero-order valence-electron chi connectivity index (χ0n) is 14.8. The van der Waals surface area contributed by atoms with Crippen LogP contribution >= 0.6 is 11.6 Å². The van der Waals surface area contributed by atoms with Gasteiger partial charge in [-0.3, -0.25) is 4.79 Å². The molecule has 0 aromatic heterocycles. The summed E-state index contributed by atoms with van der Waals surface area (Å²) in [7, 11) is -2.20. The summed E-state index contributed by atoms with van der Waals surface area (Å²) in [4.78, 5) is 12.4. The van der Waals surface area contributed by atoms with E-state index in [2.05, 4.69) is 4.72 Å². The molecular formula is C19H24ClNO4S. The number of benzene rings is 1. The molecular weight excluding hydrogens is 374 g/mol. The van der Waals surface area contributed by atoms with E-state index in [0.717, 1.165) is 19.3 Å². The summed E-state index contributed by atoms with van der Waals surface area (Å²) in [5, 5.41) is 0.0468. The molecule has 0 radical (unpaired) electrons. The Morgan fingerprint density at radius 2 is 1.92 bits per heavy atom. The Labute approximate surface area is 159 Å². The van der Waals surface area contributed by atoms with Crippen molar-refractivity contribution < 1.29 is 17.9 Å². The second kappa shape index (κ2) is 6.50. The Bertz CT molecular complexity index is 803. The van der Waals surface area contributed by atoms with Gasteiger partial charge in [-0.15, -0.1) is 0 Å². The fourth-order valence-electron chi connectivity index (χ4n) is 5.18. The number of ether oxygens (including phenoxy) is 1. The highest BCUT2D eigenvalue weighted by atomic mass is 35.5. The van der Waals surface area contributed by atoms with Crippen LogP contribution in [0.25, 0.3) is 0 Å². The van der Waals surface area contributed by atoms with Gasteiger partial charge in [-0.1, -0.05) is 23.7 Å². The summed E-state index contributed by atoms with van der Waals surface area (Å²) in [6.45, 7) is 0. The first-order valence-corrected chi connectivity index (χ1v) is 11.1. The molecule has 7 heteroatoms. The number of hydrogen-bond acceptors (Lipinski definition) is 4. The number of hydrogen-bond donors (Lipinski definition) is 1. The van der Waals surface area contributed by atoms with Crippen LogP contribution in [-0.4, -0.2) is 32.8 Å². The number of rotatable bonds is 5. The van der Waals surface area contributed by atoms with E-state index in [0.29, 0.717) is 36.1 Å². The van der Waals surface area contributed by atoms with Gasteiger partial charge in [-0.2, -0.15) is 0 Å². The van der Waals surface area contributed by atoms with Crippen LogP contribution in [0.2, 0.25) is 5.02 Å². The summed E-state index contributed by atoms with van der Waals surface area (Å²) >= 11 is 5.92. The molecule has 1 N–H and O–H groups in total. The summed E-state index contributed by atoms with van der Waals surface area (Å²) in [5.41, 5.74) is 0.348. The van der Waals surface area contributed by atoms with Crippen molar-refractivity contribution in [1.82, 2.24) is 4.72 Å². The molecule has 1 aromatic rings. The summed E-state index contributed by atoms with van der Waals surface area (Å²) in [5.74, 6) is 0.314. The van der Waals surface area contributed by atoms with Crippen LogP contribution in [0.3, 0.4) is 0 Å². The maximum Gasteiger partial charge on any atom is 0.313 e. The van der Waals surface area contributed by atoms with Crippen molar-refractivity contribution in [2.45, 2.75) is 55.7 Å². The molecule has 4 rings (SSSR count). The molecule has 5 nitrogen and oxygen atoms in total. The van der Waals surface area contributed by atoms with Crippen molar-refractivity contribution in [2.24, 2.45) is 11.3 Å². The number of carbonyl (C=O) groups excluding carboxylic acids is 1. The summed E-state index contributed by atoms with van der Waals surface area (Å²) < 4.78 is 33.8. The second-order valence-corrected chi connectivity index (χ2v) is 10.4. The number of esters is 1. The van der Waals surface area contributed by atoms with Gasteiger partial charge < -0.3 is 4.74 Å². The van der Waals surface area contributed by atoms with Crippen LogP contribution in [0.4, 0.5) is 0 Å². The van der Waals surface area contributed by atoms with Crippen molar-refractivity contribution in [3.8, 4) is 0 Å². The van der Waals surface area contributed by atoms with Gasteiger partial charge in [0.2, 0.25) is 10.0 Å². The lowest BCUT2D eigenvalue weighted by atomic mass is 9.76. The zero-order chi connectivity index (χ0) is 18.5. The lowest BCUT2D eigenvalue weighted by Crippen LogP contribution is -2.52. The normalized spacial score (nSPS) is 35.9. The highest BCUT2D eigenvalue weighted by Crippen LogP contribution is 2.57. The molecule has 3 atom stereocenters. The lowest BCUT2D eigenvalue weighted by molar-refractivity contribution is -0.151. The Kier molecular flexibility index (Phi) is 4.56. The van der Waals surface area contributed by atoms with Gasteiger partial charge in [0.1, 0.15) is 0 Å². The molecule has 0 heterocycles. The van der Waals surface area contributed by atoms with E-state index in [1.165, 1.54) is 12.7 Å². The third-order valence-electron chi connectivity index (χ3n) is 6.59. The van der Waals surface area contributed by atoms with Gasteiger partial charge in [0, 0.05) is 11.1 Å². The van der Waals surface area contributed by atoms with Crippen molar-refractivity contribution in [2.75, 3.05) is 7.11 Å². The first-order chi connectivity index (χ1) is 12.3. The molecule has 3 aliphatic carbocycles. The number of carbonyl (C=O) groups is 1. The Balaban J connectivity index is 1.42. The van der Waals surface area contributed by atoms with Crippen LogP contribution in [-0.2, 0) is 19.6 Å². The van der Waals surface area contributed by atoms with E-state index < -0.39 is 20.7 Å². The van der Waals surface area contributed by atoms with Crippen LogP contribution in [0.15, 0.2) is 24.3 Å². The molecule has 0 amide bonds. The minimum atomic E-state index is -3.55. The largest absolute Gasteiger partial charge is 0.469 e. The molecule has 3 saturated carbocycles. The van der Waals surface area contributed by atoms with Crippen LogP contribution in [0, 0.1) is 11.3 Å². The van der Waals surface area contributed by atoms with Crippen molar-refractivity contribution in [3.63, 3.8) is 0 Å². The van der Waals surface area contributed by atoms with E-state index in [4.69, 9.17) is 16.3 Å². The Hall–Kier alpha value is -1.11. The van der Waals surface area contributed by atoms with E-state index in [-0.39, 0.29) is 12.0 Å². The maximum atomic E-state index is 13.0. The SMILES string of the molecule is COC(=O)C12CCC(CC1S(=O)(=O)NC1CC(c3ccc(Cl)cc3)C1)C2. The average molecular weight is 398 g/mol. The number of nitrogens with one attached hydrogen (secondary N) is 1. The van der Waals surface area contributed by atoms with Crippen LogP contribution in [0.1, 0.15) is 50.0 Å². The Morgan fingerprint density at radius 1 is 1.23 bits per heavy atom. The van der Waals surface area contributed by atoms with Gasteiger partial charge in [0.05, 0.1) is 17.8 Å². The molecule has 2 bridgehead atoms. The molecule has 3 aliphatic rings. The number of methoxy groups -OCH3 is 1. The lowest BCUT2D eigenvalue weighted by Gasteiger charge is -2.39. The smallest absolute Gasteiger partial charge is 0.313 e. The van der Waals surface area contributed by atoms with E-state index in [1.807, 2.05) is 24.3 Å². The summed E-state index contributed by atoms with van der Waals surface area (Å²) in [6, 6.07) is 7.67. The maximum absolute atomic E-state index is 13.0. The van der Waals surface area contributed by atoms with E-state index in [9.17, 15) is 13.2 Å². The van der Waals surface area contributed by atoms with Crippen molar-refractivity contribution >= 4 is 27.6 Å². The predicted molar refractivity (Wildman–Crippen MR) is 99.5 cm³/mol. The highest BCUT2D eigenvalue weighted by molar-refractivity contribution is 7.90. The van der Waals surface area contributed by atoms with Crippen molar-refractivity contribution in [1.29, 1.82) is 0 Å². The zero-order valence-corrected chi connectivity index (χ0v) is 16.4. The quantitative estimate of drug-likeness (QED) is 0.774.